The van der Waals surface area contributed by atoms with Gasteiger partial charge in [0, 0.05) is 18.2 Å². The van der Waals surface area contributed by atoms with Gasteiger partial charge in [0.1, 0.15) is 17.5 Å². The van der Waals surface area contributed by atoms with Crippen molar-refractivity contribution in [1.82, 2.24) is 5.32 Å². The summed E-state index contributed by atoms with van der Waals surface area (Å²) < 4.78 is 18.2. The molecule has 8 heteroatoms. The maximum Gasteiger partial charge on any atom is 0.261 e. The van der Waals surface area contributed by atoms with E-state index in [1.54, 1.807) is 24.1 Å². The van der Waals surface area contributed by atoms with Gasteiger partial charge in [-0.15, -0.1) is 0 Å². The third kappa shape index (κ3) is 6.67. The fourth-order valence-electron chi connectivity index (χ4n) is 6.28. The van der Waals surface area contributed by atoms with E-state index >= 15 is 0 Å². The highest BCUT2D eigenvalue weighted by atomic mass is 28.4. The molecule has 4 aromatic rings. The molecule has 1 heterocycles. The average molecular weight is 623 g/mol. The van der Waals surface area contributed by atoms with Crippen LogP contribution in [0, 0.1) is 5.92 Å². The van der Waals surface area contributed by atoms with Crippen LogP contribution in [0.25, 0.3) is 0 Å². The highest BCUT2D eigenvalue weighted by Crippen LogP contribution is 2.39. The lowest BCUT2D eigenvalue weighted by Gasteiger charge is -2.51. The normalized spacial score (nSPS) is 17.3. The van der Waals surface area contributed by atoms with Crippen molar-refractivity contribution in [3.05, 3.63) is 115 Å². The molecule has 0 aromatic heterocycles. The molecule has 1 saturated heterocycles. The summed E-state index contributed by atoms with van der Waals surface area (Å²) in [6.07, 6.45) is 0. The Morgan fingerprint density at radius 3 is 1.87 bits per heavy atom. The van der Waals surface area contributed by atoms with Crippen LogP contribution in [0.2, 0.25) is 5.04 Å². The minimum atomic E-state index is -2.81. The van der Waals surface area contributed by atoms with E-state index in [0.717, 1.165) is 5.69 Å². The Balaban J connectivity index is 1.43. The first-order valence-corrected chi connectivity index (χ1v) is 17.3. The fourth-order valence-corrected chi connectivity index (χ4v) is 10.9. The summed E-state index contributed by atoms with van der Waals surface area (Å²) in [5, 5.41) is 5.15. The lowest BCUT2D eigenvalue weighted by atomic mass is 9.84. The molecule has 7 nitrogen and oxygen atoms in total. The van der Waals surface area contributed by atoms with Crippen LogP contribution in [0.5, 0.6) is 11.5 Å². The van der Waals surface area contributed by atoms with Crippen LogP contribution in [0.4, 0.5) is 5.69 Å². The minimum absolute atomic E-state index is 0.119. The number of hydrogen-bond donors (Lipinski definition) is 1. The van der Waals surface area contributed by atoms with E-state index in [4.69, 9.17) is 13.9 Å². The molecule has 4 aromatic carbocycles. The van der Waals surface area contributed by atoms with E-state index in [0.29, 0.717) is 18.1 Å². The quantitative estimate of drug-likeness (QED) is 0.174. The van der Waals surface area contributed by atoms with Crippen molar-refractivity contribution < 1.29 is 23.5 Å². The van der Waals surface area contributed by atoms with Gasteiger partial charge >= 0.3 is 0 Å². The number of para-hydroxylation sites is 1. The molecule has 3 atom stereocenters. The van der Waals surface area contributed by atoms with Crippen molar-refractivity contribution in [1.29, 1.82) is 0 Å². The zero-order chi connectivity index (χ0) is 32.0. The van der Waals surface area contributed by atoms with Gasteiger partial charge in [0.2, 0.25) is 0 Å². The lowest BCUT2D eigenvalue weighted by Crippen LogP contribution is -2.74. The van der Waals surface area contributed by atoms with E-state index < -0.39 is 14.4 Å². The highest BCUT2D eigenvalue weighted by molar-refractivity contribution is 6.99. The van der Waals surface area contributed by atoms with Gasteiger partial charge in [-0.25, -0.2) is 0 Å². The van der Waals surface area contributed by atoms with Gasteiger partial charge < -0.3 is 24.1 Å². The van der Waals surface area contributed by atoms with Crippen molar-refractivity contribution in [3.63, 3.8) is 0 Å². The molecule has 1 aliphatic rings. The SMILES string of the molecule is COc1ccc(N2C(=O)[C@@H](NC(=O)COc3ccccc3)[C@H]2[C@H](C)CO[Si](c2ccccc2)(c2ccccc2)C(C)(C)C)cc1. The van der Waals surface area contributed by atoms with Crippen molar-refractivity contribution in [3.8, 4) is 11.5 Å². The molecule has 2 amide bonds. The number of carbonyl (C=O) groups is 2. The number of carbonyl (C=O) groups excluding carboxylic acids is 2. The summed E-state index contributed by atoms with van der Waals surface area (Å²) in [6, 6.07) is 36.5. The third-order valence-electron chi connectivity index (χ3n) is 8.49. The van der Waals surface area contributed by atoms with Crippen LogP contribution < -0.4 is 30.1 Å². The van der Waals surface area contributed by atoms with Gasteiger partial charge in [-0.05, 0) is 51.8 Å². The number of nitrogens with one attached hydrogen (secondary N) is 1. The number of nitrogens with zero attached hydrogens (tertiary/aromatic N) is 1. The van der Waals surface area contributed by atoms with Crippen molar-refractivity contribution >= 4 is 36.2 Å². The maximum absolute atomic E-state index is 13.7. The molecule has 1 aliphatic heterocycles. The van der Waals surface area contributed by atoms with E-state index in [9.17, 15) is 9.59 Å². The first-order valence-electron chi connectivity index (χ1n) is 15.3. The third-order valence-corrected chi connectivity index (χ3v) is 13.5. The number of β-lactam (4-membered cyclic amide) rings is 1. The van der Waals surface area contributed by atoms with Crippen LogP contribution in [0.3, 0.4) is 0 Å². The first-order chi connectivity index (χ1) is 21.7. The molecule has 0 unspecified atom stereocenters. The Morgan fingerprint density at radius 2 is 1.36 bits per heavy atom. The largest absolute Gasteiger partial charge is 0.497 e. The summed E-state index contributed by atoms with van der Waals surface area (Å²) >= 11 is 0. The van der Waals surface area contributed by atoms with Gasteiger partial charge in [-0.3, -0.25) is 9.59 Å². The van der Waals surface area contributed by atoms with Crippen LogP contribution in [0.1, 0.15) is 27.7 Å². The van der Waals surface area contributed by atoms with E-state index in [1.807, 2.05) is 54.6 Å². The summed E-state index contributed by atoms with van der Waals surface area (Å²) in [7, 11) is -1.20. The molecule has 5 rings (SSSR count). The minimum Gasteiger partial charge on any atom is -0.497 e. The summed E-state index contributed by atoms with van der Waals surface area (Å²) in [4.78, 5) is 28.4. The lowest BCUT2D eigenvalue weighted by molar-refractivity contribution is -0.134. The topological polar surface area (TPSA) is 77.1 Å². The Kier molecular flexibility index (Phi) is 9.75. The molecule has 0 aliphatic carbocycles. The second kappa shape index (κ2) is 13.7. The molecule has 0 radical (unpaired) electrons. The van der Waals surface area contributed by atoms with Crippen LogP contribution >= 0.6 is 0 Å². The van der Waals surface area contributed by atoms with Crippen molar-refractivity contribution in [2.75, 3.05) is 25.2 Å². The zero-order valence-electron chi connectivity index (χ0n) is 26.6. The number of rotatable bonds is 12. The molecule has 1 fully saturated rings. The number of ether oxygens (including phenoxy) is 2. The van der Waals surface area contributed by atoms with Crippen LogP contribution in [0.15, 0.2) is 115 Å². The molecule has 1 N–H and O–H groups in total. The number of methoxy groups -OCH3 is 1. The fraction of sp³-hybridized carbons (Fsp3) is 0.297. The highest BCUT2D eigenvalue weighted by Gasteiger charge is 2.54. The zero-order valence-corrected chi connectivity index (χ0v) is 27.6. The number of benzene rings is 4. The summed E-state index contributed by atoms with van der Waals surface area (Å²) in [5.41, 5.74) is 0.745. The van der Waals surface area contributed by atoms with Gasteiger partial charge in [-0.2, -0.15) is 0 Å². The predicted octanol–water partition coefficient (Wildman–Crippen LogP) is 5.19. The van der Waals surface area contributed by atoms with Crippen molar-refractivity contribution in [2.45, 2.75) is 44.8 Å². The summed E-state index contributed by atoms with van der Waals surface area (Å²) in [5.74, 6) is 0.657. The van der Waals surface area contributed by atoms with Crippen LogP contribution in [-0.2, 0) is 14.0 Å². The van der Waals surface area contributed by atoms with Gasteiger partial charge in [0.15, 0.2) is 6.61 Å². The standard InChI is InChI=1S/C37H42N2O5Si/c1-27(25-44-45(37(2,3)4,31-17-11-7-12-18-31)32-19-13-8-14-20-32)35-34(38-33(40)26-43-30-15-9-6-10-16-30)36(41)39(35)28-21-23-29(42-5)24-22-28/h6-24,27,34-35H,25-26H2,1-5H3,(H,38,40)/t27-,34+,35-/m1/s1. The van der Waals surface area contributed by atoms with Gasteiger partial charge in [-0.1, -0.05) is 107 Å². The summed E-state index contributed by atoms with van der Waals surface area (Å²) in [6.45, 7) is 9.04. The number of anilines is 1. The Bertz CT molecular complexity index is 1520. The smallest absolute Gasteiger partial charge is 0.261 e. The Labute approximate surface area is 267 Å². The molecule has 0 saturated carbocycles. The Hall–Kier alpha value is -4.40. The second-order valence-corrected chi connectivity index (χ2v) is 16.8. The van der Waals surface area contributed by atoms with Gasteiger partial charge in [0.05, 0.1) is 13.2 Å². The van der Waals surface area contributed by atoms with E-state index in [-0.39, 0.29) is 35.4 Å². The first kappa shape index (κ1) is 32.0. The molecule has 45 heavy (non-hydrogen) atoms. The van der Waals surface area contributed by atoms with Crippen molar-refractivity contribution in [2.24, 2.45) is 5.92 Å². The number of amides is 2. The number of hydrogen-bond acceptors (Lipinski definition) is 5. The van der Waals surface area contributed by atoms with Crippen LogP contribution in [-0.4, -0.2) is 52.5 Å². The molecular weight excluding hydrogens is 581 g/mol. The monoisotopic (exact) mass is 622 g/mol. The molecule has 234 valence electrons. The molecule has 0 spiro atoms. The Morgan fingerprint density at radius 1 is 0.822 bits per heavy atom. The average Bonchev–Trinajstić information content (AvgIpc) is 3.06. The van der Waals surface area contributed by atoms with Gasteiger partial charge in [0.25, 0.3) is 20.1 Å². The second-order valence-electron chi connectivity index (χ2n) is 12.5. The molecule has 0 bridgehead atoms. The predicted molar refractivity (Wildman–Crippen MR) is 181 cm³/mol. The van der Waals surface area contributed by atoms with E-state index in [1.165, 1.54) is 10.4 Å². The molecular formula is C37H42N2O5Si. The van der Waals surface area contributed by atoms with E-state index in [2.05, 4.69) is 81.5 Å². The maximum atomic E-state index is 13.7.